The number of rotatable bonds is 1. The summed E-state index contributed by atoms with van der Waals surface area (Å²) in [6.45, 7) is 13.5. The number of piperidine rings is 1. The fourth-order valence-electron chi connectivity index (χ4n) is 2.61. The standard InChI is InChI=1S/C13H19F3N2O/c1-11(2,3)12(9-17-4)5-7-18(8-6-12)10(19)13(14,15)16/h5-9H2,1-3H3. The third-order valence-corrected chi connectivity index (χ3v) is 4.22. The van der Waals surface area contributed by atoms with Crippen molar-refractivity contribution in [2.45, 2.75) is 39.8 Å². The van der Waals surface area contributed by atoms with Gasteiger partial charge in [-0.3, -0.25) is 4.79 Å². The van der Waals surface area contributed by atoms with Crippen LogP contribution in [0.25, 0.3) is 4.85 Å². The maximum atomic E-state index is 12.4. The van der Waals surface area contributed by atoms with Crippen molar-refractivity contribution in [3.8, 4) is 0 Å². The molecular formula is C13H19F3N2O. The van der Waals surface area contributed by atoms with Gasteiger partial charge in [-0.25, -0.2) is 6.57 Å². The van der Waals surface area contributed by atoms with Crippen LogP contribution in [0, 0.1) is 17.4 Å². The molecule has 0 saturated carbocycles. The SMILES string of the molecule is [C-]#[N+]CC1(C(C)(C)C)CCN(C(=O)C(F)(F)F)CC1. The van der Waals surface area contributed by atoms with Crippen LogP contribution in [0.1, 0.15) is 33.6 Å². The van der Waals surface area contributed by atoms with Gasteiger partial charge in [-0.05, 0) is 18.3 Å². The van der Waals surface area contributed by atoms with Crippen molar-refractivity contribution < 1.29 is 18.0 Å². The van der Waals surface area contributed by atoms with E-state index in [0.717, 1.165) is 4.90 Å². The van der Waals surface area contributed by atoms with E-state index in [9.17, 15) is 18.0 Å². The first-order chi connectivity index (χ1) is 8.53. The van der Waals surface area contributed by atoms with Gasteiger partial charge in [-0.2, -0.15) is 13.2 Å². The Morgan fingerprint density at radius 3 is 2.05 bits per heavy atom. The van der Waals surface area contributed by atoms with Crippen molar-refractivity contribution in [2.75, 3.05) is 19.6 Å². The highest BCUT2D eigenvalue weighted by molar-refractivity contribution is 5.81. The molecule has 0 aromatic carbocycles. The molecule has 0 N–H and O–H groups in total. The molecule has 0 radical (unpaired) electrons. The van der Waals surface area contributed by atoms with Crippen LogP contribution in [0.3, 0.4) is 0 Å². The van der Waals surface area contributed by atoms with Gasteiger partial charge in [0.2, 0.25) is 6.54 Å². The summed E-state index contributed by atoms with van der Waals surface area (Å²) < 4.78 is 37.1. The number of alkyl halides is 3. The first-order valence-electron chi connectivity index (χ1n) is 6.23. The zero-order chi connectivity index (χ0) is 14.9. The van der Waals surface area contributed by atoms with Crippen molar-refractivity contribution in [3.05, 3.63) is 11.4 Å². The Morgan fingerprint density at radius 2 is 1.74 bits per heavy atom. The summed E-state index contributed by atoms with van der Waals surface area (Å²) >= 11 is 0. The van der Waals surface area contributed by atoms with E-state index in [-0.39, 0.29) is 23.9 Å². The molecule has 0 aliphatic carbocycles. The summed E-state index contributed by atoms with van der Waals surface area (Å²) in [5.74, 6) is -1.77. The molecular weight excluding hydrogens is 257 g/mol. The molecule has 1 rings (SSSR count). The second-order valence-electron chi connectivity index (χ2n) is 6.14. The molecule has 3 nitrogen and oxygen atoms in total. The number of carbonyl (C=O) groups excluding carboxylic acids is 1. The lowest BCUT2D eigenvalue weighted by atomic mass is 9.61. The van der Waals surface area contributed by atoms with Crippen LogP contribution < -0.4 is 0 Å². The smallest absolute Gasteiger partial charge is 0.335 e. The minimum atomic E-state index is -4.80. The van der Waals surface area contributed by atoms with E-state index in [1.165, 1.54) is 0 Å². The Balaban J connectivity index is 2.80. The molecule has 0 unspecified atom stereocenters. The summed E-state index contributed by atoms with van der Waals surface area (Å²) in [5.41, 5.74) is -0.470. The minimum absolute atomic E-state index is 0.0745. The van der Waals surface area contributed by atoms with Crippen LogP contribution in [-0.2, 0) is 4.79 Å². The van der Waals surface area contributed by atoms with Gasteiger partial charge in [0.1, 0.15) is 0 Å². The van der Waals surface area contributed by atoms with Gasteiger partial charge in [-0.15, -0.1) is 0 Å². The number of hydrogen-bond donors (Lipinski definition) is 0. The summed E-state index contributed by atoms with van der Waals surface area (Å²) in [6, 6.07) is 0. The van der Waals surface area contributed by atoms with Gasteiger partial charge < -0.3 is 9.74 Å². The summed E-state index contributed by atoms with van der Waals surface area (Å²) in [4.78, 5) is 15.5. The van der Waals surface area contributed by atoms with Crippen LogP contribution in [0.2, 0.25) is 0 Å². The lowest BCUT2D eigenvalue weighted by Gasteiger charge is -2.46. The molecule has 0 bridgehead atoms. The summed E-state index contributed by atoms with van der Waals surface area (Å²) in [5, 5.41) is 0. The molecule has 1 aliphatic heterocycles. The molecule has 0 aromatic rings. The van der Waals surface area contributed by atoms with E-state index < -0.39 is 12.1 Å². The second-order valence-corrected chi connectivity index (χ2v) is 6.14. The number of amides is 1. The molecule has 1 aliphatic rings. The van der Waals surface area contributed by atoms with Crippen LogP contribution in [-0.4, -0.2) is 36.6 Å². The monoisotopic (exact) mass is 276 g/mol. The first kappa shape index (κ1) is 15.8. The largest absolute Gasteiger partial charge is 0.471 e. The summed E-state index contributed by atoms with van der Waals surface area (Å²) in [7, 11) is 0. The normalized spacial score (nSPS) is 19.9. The molecule has 0 atom stereocenters. The van der Waals surface area contributed by atoms with E-state index in [1.54, 1.807) is 0 Å². The average Bonchev–Trinajstić information content (AvgIpc) is 2.27. The average molecular weight is 276 g/mol. The van der Waals surface area contributed by atoms with Crippen molar-refractivity contribution in [1.29, 1.82) is 0 Å². The number of hydrogen-bond acceptors (Lipinski definition) is 1. The Labute approximate surface area is 111 Å². The third kappa shape index (κ3) is 3.20. The van der Waals surface area contributed by atoms with E-state index in [1.807, 2.05) is 20.8 Å². The highest BCUT2D eigenvalue weighted by Gasteiger charge is 2.50. The fraction of sp³-hybridized carbons (Fsp3) is 0.846. The molecule has 1 saturated heterocycles. The van der Waals surface area contributed by atoms with E-state index in [4.69, 9.17) is 6.57 Å². The molecule has 108 valence electrons. The molecule has 1 heterocycles. The number of halogens is 3. The lowest BCUT2D eigenvalue weighted by Crippen LogP contribution is -2.52. The zero-order valence-corrected chi connectivity index (χ0v) is 11.5. The van der Waals surface area contributed by atoms with Gasteiger partial charge in [0.25, 0.3) is 0 Å². The highest BCUT2D eigenvalue weighted by atomic mass is 19.4. The molecule has 19 heavy (non-hydrogen) atoms. The zero-order valence-electron chi connectivity index (χ0n) is 11.5. The van der Waals surface area contributed by atoms with Crippen molar-refractivity contribution in [3.63, 3.8) is 0 Å². The van der Waals surface area contributed by atoms with Crippen molar-refractivity contribution in [1.82, 2.24) is 4.90 Å². The van der Waals surface area contributed by atoms with Crippen LogP contribution in [0.4, 0.5) is 13.2 Å². The van der Waals surface area contributed by atoms with Crippen molar-refractivity contribution >= 4 is 5.91 Å². The van der Waals surface area contributed by atoms with Gasteiger partial charge in [0.15, 0.2) is 0 Å². The number of nitrogens with zero attached hydrogens (tertiary/aromatic N) is 2. The van der Waals surface area contributed by atoms with E-state index >= 15 is 0 Å². The highest BCUT2D eigenvalue weighted by Crippen LogP contribution is 2.47. The number of carbonyl (C=O) groups is 1. The predicted molar refractivity (Wildman–Crippen MR) is 65.2 cm³/mol. The minimum Gasteiger partial charge on any atom is -0.335 e. The Kier molecular flexibility index (Phi) is 4.18. The maximum Gasteiger partial charge on any atom is 0.471 e. The fourth-order valence-corrected chi connectivity index (χ4v) is 2.61. The van der Waals surface area contributed by atoms with Gasteiger partial charge in [0, 0.05) is 13.1 Å². The number of likely N-dealkylation sites (tertiary alicyclic amines) is 1. The van der Waals surface area contributed by atoms with Crippen LogP contribution in [0.5, 0.6) is 0 Å². The lowest BCUT2D eigenvalue weighted by molar-refractivity contribution is -0.188. The van der Waals surface area contributed by atoms with Gasteiger partial charge in [0.05, 0.1) is 5.41 Å². The maximum absolute atomic E-state index is 12.4. The van der Waals surface area contributed by atoms with E-state index in [2.05, 4.69) is 4.85 Å². The topological polar surface area (TPSA) is 24.7 Å². The Bertz CT molecular complexity index is 382. The second kappa shape index (κ2) is 5.03. The third-order valence-electron chi connectivity index (χ3n) is 4.22. The van der Waals surface area contributed by atoms with Gasteiger partial charge in [-0.1, -0.05) is 20.8 Å². The Morgan fingerprint density at radius 1 is 1.26 bits per heavy atom. The van der Waals surface area contributed by atoms with Crippen LogP contribution >= 0.6 is 0 Å². The van der Waals surface area contributed by atoms with Gasteiger partial charge >= 0.3 is 12.1 Å². The molecule has 0 spiro atoms. The quantitative estimate of drug-likeness (QED) is 0.675. The Hall–Kier alpha value is -1.25. The van der Waals surface area contributed by atoms with Crippen LogP contribution in [0.15, 0.2) is 0 Å². The molecule has 1 fully saturated rings. The van der Waals surface area contributed by atoms with E-state index in [0.29, 0.717) is 19.4 Å². The first-order valence-corrected chi connectivity index (χ1v) is 6.23. The molecule has 6 heteroatoms. The summed E-state index contributed by atoms with van der Waals surface area (Å²) in [6.07, 6.45) is -3.91. The molecule has 0 aromatic heterocycles. The predicted octanol–water partition coefficient (Wildman–Crippen LogP) is 3.12. The molecule has 1 amide bonds. The van der Waals surface area contributed by atoms with Crippen molar-refractivity contribution in [2.24, 2.45) is 10.8 Å².